The summed E-state index contributed by atoms with van der Waals surface area (Å²) in [7, 11) is 0. The Morgan fingerprint density at radius 2 is 2.06 bits per heavy atom. The molecule has 92 valence electrons. The van der Waals surface area contributed by atoms with Crippen molar-refractivity contribution in [3.05, 3.63) is 34.8 Å². The van der Waals surface area contributed by atoms with Gasteiger partial charge in [0.25, 0.3) is 0 Å². The molecule has 3 nitrogen and oxygen atoms in total. The van der Waals surface area contributed by atoms with Gasteiger partial charge in [0.05, 0.1) is 15.9 Å². The van der Waals surface area contributed by atoms with E-state index >= 15 is 0 Å². The van der Waals surface area contributed by atoms with Gasteiger partial charge in [0.15, 0.2) is 10.7 Å². The molecule has 0 aliphatic heterocycles. The lowest BCUT2D eigenvalue weighted by molar-refractivity contribution is 0.0976. The molecular weight excluding hydrogens is 312 g/mol. The van der Waals surface area contributed by atoms with E-state index in [9.17, 15) is 4.79 Å². The Bertz CT molecular complexity index is 759. The first-order valence-corrected chi connectivity index (χ1v) is 6.58. The zero-order valence-electron chi connectivity index (χ0n) is 9.55. The first-order valence-electron chi connectivity index (χ1n) is 5.76. The molecule has 2 heterocycles. The van der Waals surface area contributed by atoms with Crippen LogP contribution in [0.1, 0.15) is 28.2 Å². The van der Waals surface area contributed by atoms with E-state index in [0.29, 0.717) is 6.42 Å². The van der Waals surface area contributed by atoms with E-state index in [1.165, 1.54) is 11.3 Å². The SMILES string of the molecule is Br.O=C1CCCc2c1sc1nc3ccccc3n21. The molecule has 1 aromatic carbocycles. The number of hydrogen-bond acceptors (Lipinski definition) is 3. The lowest BCUT2D eigenvalue weighted by atomic mass is 10.0. The van der Waals surface area contributed by atoms with E-state index in [-0.39, 0.29) is 22.8 Å². The molecule has 0 radical (unpaired) electrons. The Hall–Kier alpha value is -1.20. The number of para-hydroxylation sites is 2. The summed E-state index contributed by atoms with van der Waals surface area (Å²) < 4.78 is 2.16. The second kappa shape index (κ2) is 4.17. The fourth-order valence-corrected chi connectivity index (χ4v) is 3.71. The minimum absolute atomic E-state index is 0. The van der Waals surface area contributed by atoms with Gasteiger partial charge in [0, 0.05) is 12.1 Å². The molecule has 0 fully saturated rings. The van der Waals surface area contributed by atoms with Crippen molar-refractivity contribution in [2.75, 3.05) is 0 Å². The van der Waals surface area contributed by atoms with Crippen molar-refractivity contribution in [1.29, 1.82) is 0 Å². The molecule has 0 N–H and O–H groups in total. The highest BCUT2D eigenvalue weighted by atomic mass is 79.9. The number of aryl methyl sites for hydroxylation is 1. The lowest BCUT2D eigenvalue weighted by Gasteiger charge is -2.09. The highest BCUT2D eigenvalue weighted by Crippen LogP contribution is 2.32. The Morgan fingerprint density at radius 3 is 2.94 bits per heavy atom. The molecule has 0 saturated heterocycles. The number of fused-ring (bicyclic) bond motifs is 5. The minimum atomic E-state index is 0. The van der Waals surface area contributed by atoms with Gasteiger partial charge in [-0.2, -0.15) is 0 Å². The smallest absolute Gasteiger partial charge is 0.195 e. The van der Waals surface area contributed by atoms with E-state index in [4.69, 9.17) is 0 Å². The molecule has 3 aromatic rings. The van der Waals surface area contributed by atoms with Gasteiger partial charge in [-0.05, 0) is 25.0 Å². The Kier molecular flexibility index (Phi) is 2.75. The summed E-state index contributed by atoms with van der Waals surface area (Å²) in [5.41, 5.74) is 3.30. The van der Waals surface area contributed by atoms with E-state index in [1.54, 1.807) is 0 Å². The van der Waals surface area contributed by atoms with Crippen LogP contribution in [0.3, 0.4) is 0 Å². The molecule has 1 aliphatic carbocycles. The number of halogens is 1. The van der Waals surface area contributed by atoms with Crippen LogP contribution in [0, 0.1) is 0 Å². The molecule has 18 heavy (non-hydrogen) atoms. The van der Waals surface area contributed by atoms with Gasteiger partial charge in [-0.15, -0.1) is 17.0 Å². The van der Waals surface area contributed by atoms with E-state index in [1.807, 2.05) is 18.2 Å². The number of imidazole rings is 1. The maximum atomic E-state index is 11.9. The van der Waals surface area contributed by atoms with Crippen LogP contribution in [0.25, 0.3) is 16.0 Å². The van der Waals surface area contributed by atoms with Crippen molar-refractivity contribution in [3.63, 3.8) is 0 Å². The van der Waals surface area contributed by atoms with E-state index < -0.39 is 0 Å². The van der Waals surface area contributed by atoms with Crippen molar-refractivity contribution in [1.82, 2.24) is 9.38 Å². The van der Waals surface area contributed by atoms with Crippen LogP contribution in [0.4, 0.5) is 0 Å². The number of thiazole rings is 1. The summed E-state index contributed by atoms with van der Waals surface area (Å²) >= 11 is 1.54. The fourth-order valence-electron chi connectivity index (χ4n) is 2.56. The van der Waals surface area contributed by atoms with Crippen LogP contribution in [-0.4, -0.2) is 15.2 Å². The van der Waals surface area contributed by atoms with Crippen LogP contribution < -0.4 is 0 Å². The summed E-state index contributed by atoms with van der Waals surface area (Å²) in [5.74, 6) is 0.283. The average Bonchev–Trinajstić information content (AvgIpc) is 2.85. The molecule has 0 atom stereocenters. The molecule has 0 spiro atoms. The highest BCUT2D eigenvalue weighted by molar-refractivity contribution is 8.93. The van der Waals surface area contributed by atoms with E-state index in [0.717, 1.165) is 39.4 Å². The Balaban J connectivity index is 0.000001000. The van der Waals surface area contributed by atoms with Crippen LogP contribution >= 0.6 is 28.3 Å². The largest absolute Gasteiger partial charge is 0.293 e. The summed E-state index contributed by atoms with van der Waals surface area (Å²) in [6, 6.07) is 8.11. The summed E-state index contributed by atoms with van der Waals surface area (Å²) in [6.07, 6.45) is 2.64. The summed E-state index contributed by atoms with van der Waals surface area (Å²) in [4.78, 5) is 18.3. The number of nitrogens with zero attached hydrogens (tertiary/aromatic N) is 2. The molecule has 5 heteroatoms. The summed E-state index contributed by atoms with van der Waals surface area (Å²) in [5, 5.41) is 0. The van der Waals surface area contributed by atoms with E-state index in [2.05, 4.69) is 15.5 Å². The monoisotopic (exact) mass is 322 g/mol. The Labute approximate surface area is 118 Å². The number of carbonyl (C=O) groups is 1. The quantitative estimate of drug-likeness (QED) is 0.633. The second-order valence-corrected chi connectivity index (χ2v) is 5.35. The van der Waals surface area contributed by atoms with Gasteiger partial charge in [-0.25, -0.2) is 4.98 Å². The molecular formula is C13H11BrN2OS. The fraction of sp³-hybridized carbons (Fsp3) is 0.231. The van der Waals surface area contributed by atoms with Gasteiger partial charge in [0.2, 0.25) is 0 Å². The van der Waals surface area contributed by atoms with Crippen molar-refractivity contribution in [3.8, 4) is 0 Å². The van der Waals surface area contributed by atoms with Crippen molar-refractivity contribution in [2.24, 2.45) is 0 Å². The van der Waals surface area contributed by atoms with Gasteiger partial charge in [-0.3, -0.25) is 9.20 Å². The number of ketones is 1. The molecule has 0 amide bonds. The number of benzene rings is 1. The second-order valence-electron chi connectivity index (χ2n) is 4.37. The third kappa shape index (κ3) is 1.47. The molecule has 1 aliphatic rings. The molecule has 0 bridgehead atoms. The zero-order chi connectivity index (χ0) is 11.4. The predicted molar refractivity (Wildman–Crippen MR) is 78.2 cm³/mol. The third-order valence-electron chi connectivity index (χ3n) is 3.33. The van der Waals surface area contributed by atoms with Crippen molar-refractivity contribution < 1.29 is 4.79 Å². The predicted octanol–water partition coefficient (Wildman–Crippen LogP) is 3.65. The molecule has 4 rings (SSSR count). The highest BCUT2D eigenvalue weighted by Gasteiger charge is 2.24. The first-order chi connectivity index (χ1) is 8.34. The van der Waals surface area contributed by atoms with Gasteiger partial charge >= 0.3 is 0 Å². The van der Waals surface area contributed by atoms with Crippen LogP contribution in [-0.2, 0) is 6.42 Å². The van der Waals surface area contributed by atoms with Gasteiger partial charge in [-0.1, -0.05) is 23.5 Å². The number of hydrogen-bond donors (Lipinski definition) is 0. The lowest BCUT2D eigenvalue weighted by Crippen LogP contribution is -2.09. The topological polar surface area (TPSA) is 34.4 Å². The van der Waals surface area contributed by atoms with Crippen LogP contribution in [0.2, 0.25) is 0 Å². The number of aromatic nitrogens is 2. The summed E-state index contributed by atoms with van der Waals surface area (Å²) in [6.45, 7) is 0. The van der Waals surface area contributed by atoms with Gasteiger partial charge < -0.3 is 0 Å². The van der Waals surface area contributed by atoms with Crippen LogP contribution in [0.15, 0.2) is 24.3 Å². The van der Waals surface area contributed by atoms with Crippen LogP contribution in [0.5, 0.6) is 0 Å². The number of Topliss-reactive ketones (excluding diaryl/α,β-unsaturated/α-hetero) is 1. The maximum absolute atomic E-state index is 11.9. The third-order valence-corrected chi connectivity index (χ3v) is 4.45. The average molecular weight is 323 g/mol. The number of rotatable bonds is 0. The van der Waals surface area contributed by atoms with Crippen molar-refractivity contribution >= 4 is 50.1 Å². The zero-order valence-corrected chi connectivity index (χ0v) is 12.1. The minimum Gasteiger partial charge on any atom is -0.293 e. The first kappa shape index (κ1) is 11.9. The molecule has 2 aromatic heterocycles. The Morgan fingerprint density at radius 1 is 1.22 bits per heavy atom. The molecule has 0 unspecified atom stereocenters. The number of carbonyl (C=O) groups excluding carboxylic acids is 1. The molecule has 0 saturated carbocycles. The van der Waals surface area contributed by atoms with Gasteiger partial charge in [0.1, 0.15) is 0 Å². The normalized spacial score (nSPS) is 14.8. The van der Waals surface area contributed by atoms with Crippen molar-refractivity contribution in [2.45, 2.75) is 19.3 Å². The maximum Gasteiger partial charge on any atom is 0.195 e. The standard InChI is InChI=1S/C13H10N2OS.BrH/c16-11-7-3-6-10-12(11)17-13-14-8-4-1-2-5-9(8)15(10)13;/h1-2,4-5H,3,6-7H2;1H.